The summed E-state index contributed by atoms with van der Waals surface area (Å²) in [6.07, 6.45) is 6.72. The largest absolute Gasteiger partial charge is 0.301 e. The number of nitrogens with zero attached hydrogens (tertiary/aromatic N) is 2. The molecule has 8 heavy (non-hydrogen) atoms. The first-order valence-corrected chi connectivity index (χ1v) is 2.29. The smallest absolute Gasteiger partial charge is 0.114 e. The highest BCUT2D eigenvalue weighted by Crippen LogP contribution is 1.77. The van der Waals surface area contributed by atoms with Gasteiger partial charge in [-0.1, -0.05) is 6.58 Å². The highest BCUT2D eigenvalue weighted by atomic mass is 15.4. The van der Waals surface area contributed by atoms with Crippen LogP contribution in [-0.2, 0) is 0 Å². The van der Waals surface area contributed by atoms with E-state index in [1.165, 1.54) is 0 Å². The molecule has 0 atom stereocenters. The van der Waals surface area contributed by atoms with Gasteiger partial charge in [0.05, 0.1) is 0 Å². The Morgan fingerprint density at radius 3 is 3.12 bits per heavy atom. The van der Waals surface area contributed by atoms with Crippen molar-refractivity contribution in [3.05, 3.63) is 31.5 Å². The molecule has 3 nitrogen and oxygen atoms in total. The van der Waals surface area contributed by atoms with Crippen molar-refractivity contribution in [1.82, 2.24) is 9.66 Å². The van der Waals surface area contributed by atoms with E-state index in [4.69, 9.17) is 0 Å². The minimum Gasteiger partial charge on any atom is -0.301 e. The highest BCUT2D eigenvalue weighted by molar-refractivity contribution is 4.86. The SMILES string of the molecule is C=CNn1ccnc1. The van der Waals surface area contributed by atoms with Crippen LogP contribution in [0.5, 0.6) is 0 Å². The fourth-order valence-electron chi connectivity index (χ4n) is 0.441. The minimum atomic E-state index is 1.58. The highest BCUT2D eigenvalue weighted by Gasteiger charge is 1.76. The second kappa shape index (κ2) is 2.16. The van der Waals surface area contributed by atoms with Crippen molar-refractivity contribution in [1.29, 1.82) is 0 Å². The molecule has 1 N–H and O–H groups in total. The van der Waals surface area contributed by atoms with Crippen LogP contribution >= 0.6 is 0 Å². The summed E-state index contributed by atoms with van der Waals surface area (Å²) in [6.45, 7) is 3.48. The van der Waals surface area contributed by atoms with Gasteiger partial charge in [0.25, 0.3) is 0 Å². The van der Waals surface area contributed by atoms with Gasteiger partial charge in [0, 0.05) is 18.6 Å². The molecule has 0 fully saturated rings. The Hall–Kier alpha value is -1.25. The Morgan fingerprint density at radius 1 is 1.75 bits per heavy atom. The summed E-state index contributed by atoms with van der Waals surface area (Å²) in [4.78, 5) is 3.79. The summed E-state index contributed by atoms with van der Waals surface area (Å²) >= 11 is 0. The molecule has 1 aromatic heterocycles. The van der Waals surface area contributed by atoms with Crippen LogP contribution in [0.3, 0.4) is 0 Å². The van der Waals surface area contributed by atoms with E-state index in [0.29, 0.717) is 0 Å². The molecule has 1 aromatic rings. The first-order valence-electron chi connectivity index (χ1n) is 2.29. The third-order valence-electron chi connectivity index (χ3n) is 0.745. The molecule has 1 rings (SSSR count). The van der Waals surface area contributed by atoms with Crippen LogP contribution in [-0.4, -0.2) is 9.66 Å². The van der Waals surface area contributed by atoms with Gasteiger partial charge in [-0.05, 0) is 0 Å². The summed E-state index contributed by atoms with van der Waals surface area (Å²) in [5.74, 6) is 0. The number of hydrogen-bond donors (Lipinski definition) is 1. The van der Waals surface area contributed by atoms with E-state index < -0.39 is 0 Å². The lowest BCUT2D eigenvalue weighted by molar-refractivity contribution is 0.952. The maximum atomic E-state index is 3.79. The predicted molar refractivity (Wildman–Crippen MR) is 31.8 cm³/mol. The van der Waals surface area contributed by atoms with E-state index in [1.807, 2.05) is 0 Å². The zero-order chi connectivity index (χ0) is 5.82. The van der Waals surface area contributed by atoms with Crippen LogP contribution < -0.4 is 5.43 Å². The molecule has 0 bridgehead atoms. The first kappa shape index (κ1) is 4.90. The van der Waals surface area contributed by atoms with Gasteiger partial charge in [-0.2, -0.15) is 0 Å². The van der Waals surface area contributed by atoms with E-state index in [2.05, 4.69) is 17.0 Å². The predicted octanol–water partition coefficient (Wildman–Crippen LogP) is 0.570. The molecule has 0 unspecified atom stereocenters. The number of hydrogen-bond acceptors (Lipinski definition) is 2. The third kappa shape index (κ3) is 0.872. The van der Waals surface area contributed by atoms with Crippen molar-refractivity contribution < 1.29 is 0 Å². The van der Waals surface area contributed by atoms with Crippen LogP contribution in [0.2, 0.25) is 0 Å². The molecular formula is C5H7N3. The summed E-state index contributed by atoms with van der Waals surface area (Å²) in [5.41, 5.74) is 2.81. The minimum absolute atomic E-state index is 1.58. The topological polar surface area (TPSA) is 29.9 Å². The number of imidazole rings is 1. The molecule has 0 saturated heterocycles. The van der Waals surface area contributed by atoms with E-state index in [0.717, 1.165) is 0 Å². The molecule has 42 valence electrons. The normalized spacial score (nSPS) is 8.50. The van der Waals surface area contributed by atoms with Gasteiger partial charge in [0.2, 0.25) is 0 Å². The van der Waals surface area contributed by atoms with Crippen LogP contribution in [0, 0.1) is 0 Å². The molecule has 0 aromatic carbocycles. The lowest BCUT2D eigenvalue weighted by atomic mass is 10.9. The van der Waals surface area contributed by atoms with Gasteiger partial charge < -0.3 is 5.43 Å². The van der Waals surface area contributed by atoms with Gasteiger partial charge in [0.15, 0.2) is 0 Å². The second-order valence-corrected chi connectivity index (χ2v) is 1.30. The second-order valence-electron chi connectivity index (χ2n) is 1.30. The Morgan fingerprint density at radius 2 is 2.62 bits per heavy atom. The summed E-state index contributed by atoms with van der Waals surface area (Å²) < 4.78 is 1.70. The molecule has 0 aliphatic heterocycles. The molecule has 1 heterocycles. The van der Waals surface area contributed by atoms with E-state index >= 15 is 0 Å². The van der Waals surface area contributed by atoms with Crippen LogP contribution in [0.4, 0.5) is 0 Å². The Labute approximate surface area is 47.6 Å². The van der Waals surface area contributed by atoms with Gasteiger partial charge >= 0.3 is 0 Å². The number of rotatable bonds is 2. The molecule has 0 spiro atoms. The summed E-state index contributed by atoms with van der Waals surface area (Å²) in [7, 11) is 0. The Bertz CT molecular complexity index is 154. The molecule has 0 amide bonds. The molecule has 0 radical (unpaired) electrons. The zero-order valence-electron chi connectivity index (χ0n) is 4.41. The average Bonchev–Trinajstić information content (AvgIpc) is 2.19. The van der Waals surface area contributed by atoms with Crippen LogP contribution in [0.1, 0.15) is 0 Å². The van der Waals surface area contributed by atoms with Gasteiger partial charge in [-0.15, -0.1) is 0 Å². The molecule has 0 aliphatic rings. The zero-order valence-corrected chi connectivity index (χ0v) is 4.41. The molecule has 0 aliphatic carbocycles. The quantitative estimate of drug-likeness (QED) is 0.601. The van der Waals surface area contributed by atoms with Crippen molar-refractivity contribution in [3.8, 4) is 0 Å². The van der Waals surface area contributed by atoms with Crippen LogP contribution in [0.25, 0.3) is 0 Å². The lowest BCUT2D eigenvalue weighted by Gasteiger charge is -1.95. The van der Waals surface area contributed by atoms with Gasteiger partial charge in [-0.25, -0.2) is 4.98 Å². The fraction of sp³-hybridized carbons (Fsp3) is 0. The van der Waals surface area contributed by atoms with Crippen molar-refractivity contribution >= 4 is 0 Å². The average molecular weight is 109 g/mol. The lowest BCUT2D eigenvalue weighted by Crippen LogP contribution is -2.02. The van der Waals surface area contributed by atoms with E-state index in [9.17, 15) is 0 Å². The van der Waals surface area contributed by atoms with Crippen molar-refractivity contribution in [3.63, 3.8) is 0 Å². The maximum absolute atomic E-state index is 3.79. The van der Waals surface area contributed by atoms with Gasteiger partial charge in [0.1, 0.15) is 6.33 Å². The molecular weight excluding hydrogens is 102 g/mol. The van der Waals surface area contributed by atoms with Crippen molar-refractivity contribution in [2.75, 3.05) is 5.43 Å². The Kier molecular flexibility index (Phi) is 1.32. The van der Waals surface area contributed by atoms with Crippen LogP contribution in [0.15, 0.2) is 31.5 Å². The summed E-state index contributed by atoms with van der Waals surface area (Å²) in [5, 5.41) is 0. The number of nitrogens with one attached hydrogen (secondary N) is 1. The van der Waals surface area contributed by atoms with Crippen molar-refractivity contribution in [2.45, 2.75) is 0 Å². The maximum Gasteiger partial charge on any atom is 0.114 e. The molecule has 0 saturated carbocycles. The summed E-state index contributed by atoms with van der Waals surface area (Å²) in [6, 6.07) is 0. The van der Waals surface area contributed by atoms with Gasteiger partial charge in [-0.3, -0.25) is 4.68 Å². The van der Waals surface area contributed by atoms with Crippen molar-refractivity contribution in [2.24, 2.45) is 0 Å². The fourth-order valence-corrected chi connectivity index (χ4v) is 0.441. The Balaban J connectivity index is 2.62. The molecule has 3 heteroatoms. The number of aromatic nitrogens is 2. The van der Waals surface area contributed by atoms with E-state index in [-0.39, 0.29) is 0 Å². The third-order valence-corrected chi connectivity index (χ3v) is 0.745. The monoisotopic (exact) mass is 109 g/mol. The van der Waals surface area contributed by atoms with E-state index in [1.54, 1.807) is 29.6 Å². The standard InChI is InChI=1S/C5H7N3/c1-2-7-8-4-3-6-5-8/h2-5,7H,1H2. The first-order chi connectivity index (χ1) is 3.93.